The topological polar surface area (TPSA) is 53.0 Å². The van der Waals surface area contributed by atoms with Crippen molar-refractivity contribution in [3.8, 4) is 11.3 Å². The lowest BCUT2D eigenvalue weighted by Crippen LogP contribution is -2.29. The second-order valence-electron chi connectivity index (χ2n) is 4.38. The Morgan fingerprint density at radius 1 is 1.12 bits per heavy atom. The van der Waals surface area contributed by atoms with Crippen LogP contribution in [0.4, 0.5) is 5.69 Å². The minimum absolute atomic E-state index is 0.353. The molecule has 3 heteroatoms. The summed E-state index contributed by atoms with van der Waals surface area (Å²) in [5.74, 6) is 0.353. The molecule has 0 unspecified atom stereocenters. The summed E-state index contributed by atoms with van der Waals surface area (Å²) in [7, 11) is 0. The summed E-state index contributed by atoms with van der Waals surface area (Å²) < 4.78 is 0.830. The van der Waals surface area contributed by atoms with Crippen LogP contribution in [0.3, 0.4) is 0 Å². The molecule has 0 amide bonds. The highest BCUT2D eigenvalue weighted by Gasteiger charge is 2.17. The van der Waals surface area contributed by atoms with E-state index in [1.807, 2.05) is 24.3 Å². The Morgan fingerprint density at radius 3 is 2.47 bits per heavy atom. The number of pyridine rings is 1. The van der Waals surface area contributed by atoms with Crippen molar-refractivity contribution in [3.05, 3.63) is 53.4 Å². The number of nitrogens with two attached hydrogens (primary N) is 1. The highest BCUT2D eigenvalue weighted by Crippen LogP contribution is 2.29. The van der Waals surface area contributed by atoms with E-state index in [2.05, 4.69) is 13.8 Å². The molecule has 0 saturated heterocycles. The first-order chi connectivity index (χ1) is 8.11. The first-order valence-electron chi connectivity index (χ1n) is 5.68. The monoisotopic (exact) mass is 228 g/mol. The van der Waals surface area contributed by atoms with Crippen LogP contribution in [0.5, 0.6) is 0 Å². The van der Waals surface area contributed by atoms with Gasteiger partial charge in [0.25, 0.3) is 0 Å². The number of hydrogen-bond acceptors (Lipinski definition) is 2. The fourth-order valence-corrected chi connectivity index (χ4v) is 2.00. The van der Waals surface area contributed by atoms with Crippen LogP contribution < -0.4 is 10.5 Å². The third-order valence-electron chi connectivity index (χ3n) is 2.83. The molecule has 0 aliphatic carbocycles. The van der Waals surface area contributed by atoms with E-state index in [1.165, 1.54) is 6.20 Å². The van der Waals surface area contributed by atoms with E-state index in [9.17, 15) is 5.21 Å². The van der Waals surface area contributed by atoms with Gasteiger partial charge in [-0.05, 0) is 23.6 Å². The van der Waals surface area contributed by atoms with Crippen LogP contribution >= 0.6 is 0 Å². The highest BCUT2D eigenvalue weighted by molar-refractivity contribution is 5.72. The Labute approximate surface area is 101 Å². The SMILES string of the molecule is CC(C)c1ccccc1-c1c(N)ccc[n+]1[O-]. The Morgan fingerprint density at radius 2 is 1.82 bits per heavy atom. The minimum atomic E-state index is 0.353. The predicted molar refractivity (Wildman–Crippen MR) is 69.3 cm³/mol. The van der Waals surface area contributed by atoms with E-state index < -0.39 is 0 Å². The fraction of sp³-hybridized carbons (Fsp3) is 0.214. The molecule has 1 aromatic carbocycles. The average Bonchev–Trinajstić information content (AvgIpc) is 2.29. The number of aromatic nitrogens is 1. The maximum Gasteiger partial charge on any atom is 0.247 e. The predicted octanol–water partition coefficient (Wildman–Crippen LogP) is 2.69. The third kappa shape index (κ3) is 2.09. The summed E-state index contributed by atoms with van der Waals surface area (Å²) in [6.07, 6.45) is 1.48. The van der Waals surface area contributed by atoms with Crippen LogP contribution in [0.1, 0.15) is 25.3 Å². The van der Waals surface area contributed by atoms with Gasteiger partial charge in [-0.1, -0.05) is 32.0 Å². The fourth-order valence-electron chi connectivity index (χ4n) is 2.00. The first kappa shape index (κ1) is 11.5. The molecule has 0 atom stereocenters. The van der Waals surface area contributed by atoms with Gasteiger partial charge in [0.15, 0.2) is 6.20 Å². The molecule has 0 radical (unpaired) electrons. The van der Waals surface area contributed by atoms with Crippen molar-refractivity contribution >= 4 is 5.69 Å². The summed E-state index contributed by atoms with van der Waals surface area (Å²) in [5, 5.41) is 11.9. The van der Waals surface area contributed by atoms with Crippen LogP contribution in [0, 0.1) is 5.21 Å². The lowest BCUT2D eigenvalue weighted by Gasteiger charge is -2.13. The molecule has 2 rings (SSSR count). The molecule has 1 heterocycles. The molecule has 3 nitrogen and oxygen atoms in total. The lowest BCUT2D eigenvalue weighted by molar-refractivity contribution is -0.593. The number of nitrogens with zero attached hydrogens (tertiary/aromatic N) is 1. The van der Waals surface area contributed by atoms with Crippen molar-refractivity contribution in [1.29, 1.82) is 0 Å². The van der Waals surface area contributed by atoms with Gasteiger partial charge in [-0.15, -0.1) is 0 Å². The highest BCUT2D eigenvalue weighted by atomic mass is 16.5. The number of benzene rings is 1. The molecule has 0 aliphatic rings. The Balaban J connectivity index is 2.69. The molecule has 0 bridgehead atoms. The quantitative estimate of drug-likeness (QED) is 0.634. The maximum absolute atomic E-state index is 11.9. The van der Waals surface area contributed by atoms with Gasteiger partial charge in [0.1, 0.15) is 5.69 Å². The molecule has 17 heavy (non-hydrogen) atoms. The molecule has 0 fully saturated rings. The minimum Gasteiger partial charge on any atom is -0.618 e. The summed E-state index contributed by atoms with van der Waals surface area (Å²) in [4.78, 5) is 0. The van der Waals surface area contributed by atoms with E-state index in [0.717, 1.165) is 15.9 Å². The largest absolute Gasteiger partial charge is 0.618 e. The average molecular weight is 228 g/mol. The normalized spacial score (nSPS) is 10.8. The smallest absolute Gasteiger partial charge is 0.247 e. The van der Waals surface area contributed by atoms with Crippen molar-refractivity contribution in [2.75, 3.05) is 5.73 Å². The Hall–Kier alpha value is -2.03. The number of hydrogen-bond donors (Lipinski definition) is 1. The molecule has 0 aliphatic heterocycles. The second-order valence-corrected chi connectivity index (χ2v) is 4.38. The van der Waals surface area contributed by atoms with Gasteiger partial charge in [-0.3, -0.25) is 0 Å². The van der Waals surface area contributed by atoms with E-state index in [4.69, 9.17) is 5.73 Å². The molecule has 2 aromatic rings. The lowest BCUT2D eigenvalue weighted by atomic mass is 9.94. The van der Waals surface area contributed by atoms with Crippen LogP contribution in [-0.2, 0) is 0 Å². The first-order valence-corrected chi connectivity index (χ1v) is 5.68. The van der Waals surface area contributed by atoms with Gasteiger partial charge in [0.05, 0.1) is 5.56 Å². The van der Waals surface area contributed by atoms with Crippen molar-refractivity contribution < 1.29 is 4.73 Å². The molecular weight excluding hydrogens is 212 g/mol. The molecule has 0 spiro atoms. The van der Waals surface area contributed by atoms with E-state index in [0.29, 0.717) is 17.3 Å². The van der Waals surface area contributed by atoms with E-state index >= 15 is 0 Å². The van der Waals surface area contributed by atoms with Crippen molar-refractivity contribution in [3.63, 3.8) is 0 Å². The van der Waals surface area contributed by atoms with E-state index in [1.54, 1.807) is 12.1 Å². The summed E-state index contributed by atoms with van der Waals surface area (Å²) >= 11 is 0. The third-order valence-corrected chi connectivity index (χ3v) is 2.83. The second kappa shape index (κ2) is 4.45. The Bertz CT molecular complexity index is 515. The van der Waals surface area contributed by atoms with Gasteiger partial charge in [-0.2, -0.15) is 4.73 Å². The Kier molecular flexibility index (Phi) is 3.00. The van der Waals surface area contributed by atoms with Gasteiger partial charge >= 0.3 is 0 Å². The van der Waals surface area contributed by atoms with Gasteiger partial charge in [-0.25, -0.2) is 0 Å². The van der Waals surface area contributed by atoms with Crippen LogP contribution in [0.15, 0.2) is 42.6 Å². The number of anilines is 1. The maximum atomic E-state index is 11.9. The molecule has 1 aromatic heterocycles. The van der Waals surface area contributed by atoms with E-state index in [-0.39, 0.29) is 0 Å². The van der Waals surface area contributed by atoms with Crippen LogP contribution in [0.25, 0.3) is 11.3 Å². The summed E-state index contributed by atoms with van der Waals surface area (Å²) in [6.45, 7) is 4.21. The summed E-state index contributed by atoms with van der Waals surface area (Å²) in [6, 6.07) is 11.3. The van der Waals surface area contributed by atoms with Crippen molar-refractivity contribution in [2.24, 2.45) is 0 Å². The molecular formula is C14H16N2O. The van der Waals surface area contributed by atoms with Gasteiger partial charge < -0.3 is 10.9 Å². The van der Waals surface area contributed by atoms with Crippen molar-refractivity contribution in [1.82, 2.24) is 0 Å². The molecule has 0 saturated carbocycles. The van der Waals surface area contributed by atoms with Crippen LogP contribution in [0.2, 0.25) is 0 Å². The van der Waals surface area contributed by atoms with Gasteiger partial charge in [0, 0.05) is 6.07 Å². The number of nitrogen functional groups attached to an aromatic ring is 1. The van der Waals surface area contributed by atoms with Gasteiger partial charge in [0.2, 0.25) is 5.69 Å². The number of rotatable bonds is 2. The standard InChI is InChI=1S/C14H16N2O/c1-10(2)11-6-3-4-7-12(11)14-13(15)8-5-9-16(14)17/h3-10H,15H2,1-2H3. The van der Waals surface area contributed by atoms with Crippen LogP contribution in [-0.4, -0.2) is 0 Å². The molecule has 2 N–H and O–H groups in total. The zero-order valence-corrected chi connectivity index (χ0v) is 10.1. The zero-order chi connectivity index (χ0) is 12.4. The zero-order valence-electron chi connectivity index (χ0n) is 10.1. The molecule has 88 valence electrons. The summed E-state index contributed by atoms with van der Waals surface area (Å²) in [5.41, 5.74) is 9.00. The van der Waals surface area contributed by atoms with Crippen molar-refractivity contribution in [2.45, 2.75) is 19.8 Å².